The van der Waals surface area contributed by atoms with Crippen LogP contribution in [0, 0.1) is 52.3 Å². The van der Waals surface area contributed by atoms with Crippen LogP contribution in [0.4, 0.5) is 4.39 Å². The second-order valence-electron chi connectivity index (χ2n) is 11.8. The predicted octanol–water partition coefficient (Wildman–Crippen LogP) is 5.51. The molecule has 172 valence electrons. The van der Waals surface area contributed by atoms with Gasteiger partial charge in [-0.05, 0) is 98.2 Å². The van der Waals surface area contributed by atoms with E-state index in [1.165, 1.54) is 63.9 Å². The van der Waals surface area contributed by atoms with Crippen LogP contribution in [0.5, 0.6) is 0 Å². The number of methoxy groups -OCH3 is 1. The number of ether oxygens (including phenoxy) is 1. The molecule has 31 heavy (non-hydrogen) atoms. The smallest absolute Gasteiger partial charge is 0.230 e. The zero-order valence-corrected chi connectivity index (χ0v) is 19.5. The lowest BCUT2D eigenvalue weighted by Crippen LogP contribution is -2.54. The number of rotatable bonds is 5. The van der Waals surface area contributed by atoms with Gasteiger partial charge in [-0.25, -0.2) is 4.98 Å². The molecule has 8 unspecified atom stereocenters. The number of carbonyl (C=O) groups excluding carboxylic acids is 1. The number of fused-ring (bicyclic) bond motifs is 5. The molecular weight excluding hydrogens is 391 g/mol. The number of ketones is 1. The first kappa shape index (κ1) is 21.6. The topological polar surface area (TPSA) is 44.1 Å². The number of imidazole rings is 1. The first-order chi connectivity index (χ1) is 14.8. The van der Waals surface area contributed by atoms with Crippen LogP contribution < -0.4 is 0 Å². The van der Waals surface area contributed by atoms with Gasteiger partial charge in [0.05, 0.1) is 19.1 Å². The number of nitrogens with zero attached hydrogens (tertiary/aromatic N) is 2. The Kier molecular flexibility index (Phi) is 5.55. The summed E-state index contributed by atoms with van der Waals surface area (Å²) >= 11 is 0. The minimum atomic E-state index is -0.506. The fourth-order valence-electron chi connectivity index (χ4n) is 8.97. The lowest BCUT2D eigenvalue weighted by atomic mass is 9.44. The van der Waals surface area contributed by atoms with Gasteiger partial charge in [0.15, 0.2) is 5.78 Å². The molecule has 0 spiro atoms. The normalized spacial score (nSPS) is 44.4. The first-order valence-electron chi connectivity index (χ1n) is 12.5. The summed E-state index contributed by atoms with van der Waals surface area (Å²) in [5.74, 6) is 3.76. The van der Waals surface area contributed by atoms with Crippen molar-refractivity contribution >= 4 is 5.78 Å². The van der Waals surface area contributed by atoms with E-state index in [1.807, 2.05) is 7.11 Å². The Labute approximate surface area is 186 Å². The van der Waals surface area contributed by atoms with Crippen LogP contribution >= 0.6 is 0 Å². The van der Waals surface area contributed by atoms with E-state index in [9.17, 15) is 9.18 Å². The number of halogens is 1. The Hall–Kier alpha value is -1.23. The van der Waals surface area contributed by atoms with Gasteiger partial charge in [0.1, 0.15) is 0 Å². The number of hydrogen-bond donors (Lipinski definition) is 0. The molecule has 1 aromatic heterocycles. The van der Waals surface area contributed by atoms with E-state index in [2.05, 4.69) is 18.8 Å². The van der Waals surface area contributed by atoms with E-state index in [4.69, 9.17) is 4.74 Å². The van der Waals surface area contributed by atoms with Crippen molar-refractivity contribution in [3.05, 3.63) is 18.5 Å². The summed E-state index contributed by atoms with van der Waals surface area (Å²) in [5, 5.41) is 0. The van der Waals surface area contributed by atoms with Gasteiger partial charge in [-0.1, -0.05) is 13.8 Å². The monoisotopic (exact) mass is 430 g/mol. The van der Waals surface area contributed by atoms with E-state index >= 15 is 0 Å². The van der Waals surface area contributed by atoms with Crippen LogP contribution in [0.15, 0.2) is 12.5 Å². The van der Waals surface area contributed by atoms with Crippen molar-refractivity contribution < 1.29 is 13.9 Å². The summed E-state index contributed by atoms with van der Waals surface area (Å²) < 4.78 is 20.4. The summed E-state index contributed by atoms with van der Waals surface area (Å²) in [6.45, 7) is 6.19. The molecule has 8 atom stereocenters. The van der Waals surface area contributed by atoms with Gasteiger partial charge in [0.2, 0.25) is 5.95 Å². The van der Waals surface area contributed by atoms with Gasteiger partial charge in [0.25, 0.3) is 0 Å². The summed E-state index contributed by atoms with van der Waals surface area (Å²) in [6.07, 6.45) is 14.2. The molecule has 0 aromatic carbocycles. The third-order valence-electron chi connectivity index (χ3n) is 10.5. The summed E-state index contributed by atoms with van der Waals surface area (Å²) in [5.41, 5.74) is 0.596. The van der Waals surface area contributed by atoms with Crippen LogP contribution in [0.1, 0.15) is 71.6 Å². The maximum atomic E-state index is 13.3. The Morgan fingerprint density at radius 2 is 1.90 bits per heavy atom. The largest absolute Gasteiger partial charge is 0.384 e. The standard InChI is InChI=1S/C26H39FN2O2/c1-25-10-8-17(15-31-3)12-18(25)4-5-19-20-6-7-22(26(20,2)11-9-21(19)25)23(30)13-29-14-24(27)28-16-29/h14,16-22H,4-13,15H2,1-3H3. The fraction of sp³-hybridized carbons (Fsp3) is 0.846. The molecule has 4 saturated carbocycles. The van der Waals surface area contributed by atoms with Gasteiger partial charge in [-0.15, -0.1) is 0 Å². The second kappa shape index (κ2) is 7.97. The molecule has 0 saturated heterocycles. The average Bonchev–Trinajstić information content (AvgIpc) is 3.30. The molecule has 5 rings (SSSR count). The molecule has 4 fully saturated rings. The molecule has 1 aromatic rings. The Morgan fingerprint density at radius 1 is 1.13 bits per heavy atom. The Morgan fingerprint density at radius 3 is 2.65 bits per heavy atom. The molecule has 0 N–H and O–H groups in total. The number of Topliss-reactive ketones (excluding diaryl/α,β-unsaturated/α-hetero) is 1. The molecule has 1 heterocycles. The Bertz CT molecular complexity index is 824. The number of aromatic nitrogens is 2. The zero-order chi connectivity index (χ0) is 21.8. The van der Waals surface area contributed by atoms with Crippen molar-refractivity contribution in [3.63, 3.8) is 0 Å². The van der Waals surface area contributed by atoms with Crippen LogP contribution in [-0.2, 0) is 16.1 Å². The molecule has 5 heteroatoms. The van der Waals surface area contributed by atoms with Gasteiger partial charge in [0, 0.05) is 19.6 Å². The SMILES string of the molecule is COCC1CCC2(C)C(CCC3C2CCC2(C)C(C(=O)Cn4cnc(F)c4)CCC32)C1. The molecule has 4 nitrogen and oxygen atoms in total. The van der Waals surface area contributed by atoms with Crippen molar-refractivity contribution in [2.24, 2.45) is 46.3 Å². The van der Waals surface area contributed by atoms with E-state index in [-0.39, 0.29) is 23.7 Å². The van der Waals surface area contributed by atoms with Crippen molar-refractivity contribution in [1.29, 1.82) is 0 Å². The summed E-state index contributed by atoms with van der Waals surface area (Å²) in [6, 6.07) is 0. The van der Waals surface area contributed by atoms with Crippen LogP contribution in [0.3, 0.4) is 0 Å². The second-order valence-corrected chi connectivity index (χ2v) is 11.8. The summed E-state index contributed by atoms with van der Waals surface area (Å²) in [7, 11) is 1.84. The highest BCUT2D eigenvalue weighted by molar-refractivity contribution is 5.82. The minimum absolute atomic E-state index is 0.117. The van der Waals surface area contributed by atoms with E-state index in [0.29, 0.717) is 11.3 Å². The van der Waals surface area contributed by atoms with Crippen LogP contribution in [0.25, 0.3) is 0 Å². The highest BCUT2D eigenvalue weighted by Crippen LogP contribution is 2.67. The van der Waals surface area contributed by atoms with E-state index in [1.54, 1.807) is 4.57 Å². The quantitative estimate of drug-likeness (QED) is 0.618. The lowest BCUT2D eigenvalue weighted by Gasteiger charge is -2.61. The van der Waals surface area contributed by atoms with Crippen LogP contribution in [-0.4, -0.2) is 29.1 Å². The van der Waals surface area contributed by atoms with Gasteiger partial charge >= 0.3 is 0 Å². The molecule has 0 bridgehead atoms. The van der Waals surface area contributed by atoms with Crippen molar-refractivity contribution in [2.75, 3.05) is 13.7 Å². The molecule has 4 aliphatic carbocycles. The van der Waals surface area contributed by atoms with Gasteiger partial charge in [-0.2, -0.15) is 4.39 Å². The molecular formula is C26H39FN2O2. The molecule has 0 radical (unpaired) electrons. The van der Waals surface area contributed by atoms with Gasteiger partial charge in [-0.3, -0.25) is 4.79 Å². The number of carbonyl (C=O) groups is 1. The van der Waals surface area contributed by atoms with Crippen LogP contribution in [0.2, 0.25) is 0 Å². The molecule has 0 aliphatic heterocycles. The predicted molar refractivity (Wildman–Crippen MR) is 118 cm³/mol. The van der Waals surface area contributed by atoms with Crippen molar-refractivity contribution in [3.8, 4) is 0 Å². The van der Waals surface area contributed by atoms with Crippen molar-refractivity contribution in [1.82, 2.24) is 9.55 Å². The average molecular weight is 431 g/mol. The van der Waals surface area contributed by atoms with E-state index in [0.717, 1.165) is 36.7 Å². The van der Waals surface area contributed by atoms with E-state index < -0.39 is 5.95 Å². The maximum Gasteiger partial charge on any atom is 0.230 e. The fourth-order valence-corrected chi connectivity index (χ4v) is 8.97. The third kappa shape index (κ3) is 3.50. The maximum absolute atomic E-state index is 13.3. The Balaban J connectivity index is 1.31. The molecule has 4 aliphatic rings. The minimum Gasteiger partial charge on any atom is -0.384 e. The first-order valence-corrected chi connectivity index (χ1v) is 12.5. The number of hydrogen-bond acceptors (Lipinski definition) is 3. The lowest BCUT2D eigenvalue weighted by molar-refractivity contribution is -0.138. The highest BCUT2D eigenvalue weighted by atomic mass is 19.1. The third-order valence-corrected chi connectivity index (χ3v) is 10.5. The zero-order valence-electron chi connectivity index (χ0n) is 19.5. The molecule has 0 amide bonds. The highest BCUT2D eigenvalue weighted by Gasteiger charge is 2.61. The van der Waals surface area contributed by atoms with Crippen molar-refractivity contribution in [2.45, 2.75) is 78.2 Å². The van der Waals surface area contributed by atoms with Gasteiger partial charge < -0.3 is 9.30 Å². The summed E-state index contributed by atoms with van der Waals surface area (Å²) in [4.78, 5) is 16.9.